The van der Waals surface area contributed by atoms with E-state index >= 15 is 0 Å². The van der Waals surface area contributed by atoms with Crippen LogP contribution in [0, 0.1) is 16.6 Å². The molecular weight excluding hydrogens is 345 g/mol. The number of likely N-dealkylation sites (tertiary alicyclic amines) is 1. The van der Waals surface area contributed by atoms with E-state index < -0.39 is 5.82 Å². The summed E-state index contributed by atoms with van der Waals surface area (Å²) in [5.74, 6) is -0.480. The highest BCUT2D eigenvalue weighted by atomic mass is 32.1. The van der Waals surface area contributed by atoms with E-state index in [0.29, 0.717) is 19.8 Å². The first-order valence-electron chi connectivity index (χ1n) is 8.41. The lowest BCUT2D eigenvalue weighted by molar-refractivity contribution is -0.930. The number of aromatic nitrogens is 2. The molecule has 1 aromatic carbocycles. The normalized spacial score (nSPS) is 20.4. The first-order valence-corrected chi connectivity index (χ1v) is 8.82. The quantitative estimate of drug-likeness (QED) is 0.646. The van der Waals surface area contributed by atoms with Crippen molar-refractivity contribution in [1.82, 2.24) is 9.78 Å². The highest BCUT2D eigenvalue weighted by Gasteiger charge is 2.30. The summed E-state index contributed by atoms with van der Waals surface area (Å²) in [6, 6.07) is 6.28. The number of halogens is 1. The van der Waals surface area contributed by atoms with Crippen LogP contribution in [0.15, 0.2) is 28.7 Å². The number of hydrogen-bond donors (Lipinski definition) is 1. The molecule has 0 amide bonds. The molecule has 0 radical (unpaired) electrons. The molecule has 1 aromatic heterocycles. The van der Waals surface area contributed by atoms with Gasteiger partial charge in [-0.1, -0.05) is 12.1 Å². The Morgan fingerprint density at radius 2 is 2.32 bits per heavy atom. The average molecular weight is 366 g/mol. The van der Waals surface area contributed by atoms with Gasteiger partial charge >= 0.3 is 5.97 Å². The number of carbonyl (C=O) groups is 1. The average Bonchev–Trinajstić information content (AvgIpc) is 2.96. The van der Waals surface area contributed by atoms with Gasteiger partial charge in [0.15, 0.2) is 6.67 Å². The minimum Gasteiger partial charge on any atom is -0.466 e. The van der Waals surface area contributed by atoms with Gasteiger partial charge in [-0.3, -0.25) is 4.79 Å². The van der Waals surface area contributed by atoms with Crippen molar-refractivity contribution in [2.75, 3.05) is 19.7 Å². The Morgan fingerprint density at radius 1 is 1.52 bits per heavy atom. The number of carbonyl (C=O) groups excluding carboxylic acids is 1. The van der Waals surface area contributed by atoms with E-state index in [0.717, 1.165) is 19.4 Å². The number of nitrogens with one attached hydrogen (secondary N) is 1. The molecule has 2 heterocycles. The van der Waals surface area contributed by atoms with Gasteiger partial charge in [0.1, 0.15) is 11.7 Å². The maximum absolute atomic E-state index is 13.9. The molecule has 2 aromatic rings. The van der Waals surface area contributed by atoms with Crippen LogP contribution >= 0.6 is 12.2 Å². The summed E-state index contributed by atoms with van der Waals surface area (Å²) in [5.41, 5.74) is 0.283. The monoisotopic (exact) mass is 366 g/mol. The topological polar surface area (TPSA) is 61.7 Å². The smallest absolute Gasteiger partial charge is 0.314 e. The predicted octanol–water partition coefficient (Wildman–Crippen LogP) is 1.83. The Bertz CT molecular complexity index is 804. The van der Waals surface area contributed by atoms with Crippen LogP contribution in [0.25, 0.3) is 11.5 Å². The SMILES string of the molecule is CCOC(=O)[C@H]1CCC[NH+](Cn2nc(-c3ccccc3F)oc2=S)C1. The second-order valence-corrected chi connectivity index (χ2v) is 6.46. The summed E-state index contributed by atoms with van der Waals surface area (Å²) in [5, 5.41) is 4.31. The lowest BCUT2D eigenvalue weighted by Gasteiger charge is -2.28. The van der Waals surface area contributed by atoms with Crippen molar-refractivity contribution in [3.63, 3.8) is 0 Å². The van der Waals surface area contributed by atoms with Crippen molar-refractivity contribution >= 4 is 18.2 Å². The third-order valence-corrected chi connectivity index (χ3v) is 4.62. The zero-order valence-corrected chi connectivity index (χ0v) is 14.9. The summed E-state index contributed by atoms with van der Waals surface area (Å²) < 4.78 is 26.0. The number of hydrogen-bond acceptors (Lipinski definition) is 5. The van der Waals surface area contributed by atoms with Gasteiger partial charge in [0.25, 0.3) is 4.84 Å². The zero-order valence-electron chi connectivity index (χ0n) is 14.0. The number of ether oxygens (including phenoxy) is 1. The molecule has 1 N–H and O–H groups in total. The lowest BCUT2D eigenvalue weighted by Crippen LogP contribution is -3.13. The highest BCUT2D eigenvalue weighted by molar-refractivity contribution is 7.71. The summed E-state index contributed by atoms with van der Waals surface area (Å²) in [4.78, 5) is 13.3. The van der Waals surface area contributed by atoms with Gasteiger partial charge in [-0.2, -0.15) is 4.68 Å². The van der Waals surface area contributed by atoms with Crippen molar-refractivity contribution in [2.24, 2.45) is 5.92 Å². The molecule has 1 unspecified atom stereocenters. The molecule has 0 spiro atoms. The third-order valence-electron chi connectivity index (χ3n) is 4.32. The molecule has 134 valence electrons. The maximum atomic E-state index is 13.9. The van der Waals surface area contributed by atoms with E-state index in [-0.39, 0.29) is 28.2 Å². The molecule has 3 rings (SSSR count). The Hall–Kier alpha value is -2.06. The van der Waals surface area contributed by atoms with Crippen LogP contribution in [0.5, 0.6) is 0 Å². The molecule has 25 heavy (non-hydrogen) atoms. The van der Waals surface area contributed by atoms with Crippen molar-refractivity contribution in [3.05, 3.63) is 34.9 Å². The van der Waals surface area contributed by atoms with Crippen LogP contribution in [0.4, 0.5) is 4.39 Å². The Morgan fingerprint density at radius 3 is 3.08 bits per heavy atom. The minimum absolute atomic E-state index is 0.101. The lowest BCUT2D eigenvalue weighted by atomic mass is 9.99. The van der Waals surface area contributed by atoms with Gasteiger partial charge in [0.05, 0.1) is 25.3 Å². The van der Waals surface area contributed by atoms with E-state index in [9.17, 15) is 9.18 Å². The van der Waals surface area contributed by atoms with Crippen LogP contribution in [0.3, 0.4) is 0 Å². The van der Waals surface area contributed by atoms with Crippen LogP contribution in [-0.2, 0) is 16.2 Å². The molecule has 0 saturated carbocycles. The predicted molar refractivity (Wildman–Crippen MR) is 90.8 cm³/mol. The van der Waals surface area contributed by atoms with E-state index in [4.69, 9.17) is 21.4 Å². The summed E-state index contributed by atoms with van der Waals surface area (Å²) in [7, 11) is 0. The summed E-state index contributed by atoms with van der Waals surface area (Å²) in [6.45, 7) is 4.27. The number of quaternary nitrogens is 1. The molecule has 1 aliphatic rings. The van der Waals surface area contributed by atoms with Gasteiger partial charge in [0.2, 0.25) is 5.89 Å². The van der Waals surface area contributed by atoms with Gasteiger partial charge in [0, 0.05) is 0 Å². The summed E-state index contributed by atoms with van der Waals surface area (Å²) in [6.07, 6.45) is 1.77. The molecule has 2 atom stereocenters. The van der Waals surface area contributed by atoms with Crippen LogP contribution in [0.1, 0.15) is 19.8 Å². The standard InChI is InChI=1S/C17H20FN3O3S/c1-2-23-16(22)12-6-5-9-20(10-12)11-21-17(25)24-15(19-21)13-7-3-4-8-14(13)18/h3-4,7-8,12H,2,5-6,9-11H2,1H3/p+1/t12-/m0/s1. The molecule has 1 aliphatic heterocycles. The van der Waals surface area contributed by atoms with Gasteiger partial charge in [-0.25, -0.2) is 4.39 Å². The highest BCUT2D eigenvalue weighted by Crippen LogP contribution is 2.20. The second-order valence-electron chi connectivity index (χ2n) is 6.11. The van der Waals surface area contributed by atoms with Gasteiger partial charge in [-0.05, 0) is 44.1 Å². The maximum Gasteiger partial charge on any atom is 0.314 e. The van der Waals surface area contributed by atoms with Crippen LogP contribution in [-0.4, -0.2) is 35.4 Å². The fraction of sp³-hybridized carbons (Fsp3) is 0.471. The van der Waals surface area contributed by atoms with Crippen LogP contribution in [0.2, 0.25) is 0 Å². The Kier molecular flexibility index (Phi) is 5.60. The molecule has 1 saturated heterocycles. The van der Waals surface area contributed by atoms with Crippen LogP contribution < -0.4 is 4.90 Å². The third kappa shape index (κ3) is 4.13. The number of esters is 1. The van der Waals surface area contributed by atoms with E-state index in [1.165, 1.54) is 11.0 Å². The summed E-state index contributed by atoms with van der Waals surface area (Å²) >= 11 is 5.21. The molecule has 6 nitrogen and oxygen atoms in total. The molecular formula is C17H21FN3O3S+. The molecule has 0 aliphatic carbocycles. The second kappa shape index (κ2) is 7.88. The van der Waals surface area contributed by atoms with Gasteiger partial charge < -0.3 is 14.1 Å². The van der Waals surface area contributed by atoms with Crippen molar-refractivity contribution in [3.8, 4) is 11.5 Å². The first kappa shape index (κ1) is 17.8. The number of rotatable bonds is 5. The van der Waals surface area contributed by atoms with Crippen molar-refractivity contribution in [1.29, 1.82) is 0 Å². The minimum atomic E-state index is -0.404. The molecule has 0 bridgehead atoms. The number of nitrogens with zero attached hydrogens (tertiary/aromatic N) is 2. The fourth-order valence-electron chi connectivity index (χ4n) is 3.12. The van der Waals surface area contributed by atoms with Crippen molar-refractivity contribution in [2.45, 2.75) is 26.4 Å². The van der Waals surface area contributed by atoms with E-state index in [1.54, 1.807) is 22.9 Å². The largest absolute Gasteiger partial charge is 0.466 e. The first-order chi connectivity index (χ1) is 12.1. The Balaban J connectivity index is 1.72. The van der Waals surface area contributed by atoms with E-state index in [2.05, 4.69) is 5.10 Å². The Labute approximate surface area is 150 Å². The van der Waals surface area contributed by atoms with Crippen molar-refractivity contribution < 1.29 is 23.2 Å². The fourth-order valence-corrected chi connectivity index (χ4v) is 3.30. The number of piperidine rings is 1. The molecule has 1 fully saturated rings. The van der Waals surface area contributed by atoms with Gasteiger partial charge in [-0.15, -0.1) is 5.10 Å². The van der Waals surface area contributed by atoms with E-state index in [1.807, 2.05) is 6.92 Å². The number of benzene rings is 1. The zero-order chi connectivity index (χ0) is 17.8. The molecule has 8 heteroatoms.